The summed E-state index contributed by atoms with van der Waals surface area (Å²) >= 11 is 4.43. The number of benzene rings is 1. The fourth-order valence-electron chi connectivity index (χ4n) is 2.42. The molecule has 0 aromatic heterocycles. The van der Waals surface area contributed by atoms with Gasteiger partial charge in [-0.3, -0.25) is 0 Å². The summed E-state index contributed by atoms with van der Waals surface area (Å²) in [7, 11) is 0. The first-order valence-corrected chi connectivity index (χ1v) is 8.55. The first kappa shape index (κ1) is 13.7. The monoisotopic (exact) mass is 361 g/mol. The Hall–Kier alpha value is 0.260. The lowest BCUT2D eigenvalue weighted by Crippen LogP contribution is -2.27. The van der Waals surface area contributed by atoms with Gasteiger partial charge < -0.3 is 5.73 Å². The molecule has 1 aliphatic rings. The molecule has 1 aromatic rings. The third kappa shape index (κ3) is 4.79. The van der Waals surface area contributed by atoms with Crippen molar-refractivity contribution in [1.82, 2.24) is 0 Å². The minimum absolute atomic E-state index is 0.336. The van der Waals surface area contributed by atoms with Gasteiger partial charge in [0.25, 0.3) is 0 Å². The zero-order valence-electron chi connectivity index (χ0n) is 10.1. The summed E-state index contributed by atoms with van der Waals surface area (Å²) in [5.41, 5.74) is 7.64. The van der Waals surface area contributed by atoms with Crippen LogP contribution in [0.15, 0.2) is 24.3 Å². The van der Waals surface area contributed by atoms with Gasteiger partial charge in [-0.15, -0.1) is 0 Å². The predicted molar refractivity (Wildman–Crippen MR) is 85.5 cm³/mol. The molecule has 0 saturated carbocycles. The standard InChI is InChI=1S/C14H20INS/c15-13-3-1-11(2-4-13)9-14(16)10-12-5-7-17-8-6-12/h1-4,12,14H,5-10,16H2. The maximum absolute atomic E-state index is 6.27. The Kier molecular flexibility index (Phi) is 5.63. The minimum atomic E-state index is 0.336. The van der Waals surface area contributed by atoms with Crippen LogP contribution in [0.3, 0.4) is 0 Å². The Bertz CT molecular complexity index is 333. The van der Waals surface area contributed by atoms with Crippen molar-refractivity contribution in [3.63, 3.8) is 0 Å². The van der Waals surface area contributed by atoms with Crippen LogP contribution in [0.25, 0.3) is 0 Å². The Morgan fingerprint density at radius 3 is 2.53 bits per heavy atom. The Balaban J connectivity index is 1.79. The van der Waals surface area contributed by atoms with E-state index in [1.807, 2.05) is 0 Å². The first-order chi connectivity index (χ1) is 8.24. The molecule has 0 amide bonds. The molecule has 0 aliphatic carbocycles. The molecule has 1 aliphatic heterocycles. The summed E-state index contributed by atoms with van der Waals surface area (Å²) in [6.07, 6.45) is 4.96. The quantitative estimate of drug-likeness (QED) is 0.828. The molecule has 0 radical (unpaired) electrons. The lowest BCUT2D eigenvalue weighted by Gasteiger charge is -2.24. The van der Waals surface area contributed by atoms with Crippen LogP contribution in [0.2, 0.25) is 0 Å². The largest absolute Gasteiger partial charge is 0.327 e. The van der Waals surface area contributed by atoms with E-state index in [1.54, 1.807) is 0 Å². The second kappa shape index (κ2) is 7.00. The van der Waals surface area contributed by atoms with E-state index >= 15 is 0 Å². The number of thioether (sulfide) groups is 1. The van der Waals surface area contributed by atoms with E-state index in [0.717, 1.165) is 12.3 Å². The first-order valence-electron chi connectivity index (χ1n) is 6.32. The Labute approximate surface area is 122 Å². The molecule has 0 bridgehead atoms. The highest BCUT2D eigenvalue weighted by Gasteiger charge is 2.17. The normalized spacial score (nSPS) is 19.2. The van der Waals surface area contributed by atoms with Crippen molar-refractivity contribution < 1.29 is 0 Å². The molecule has 1 heterocycles. The van der Waals surface area contributed by atoms with Crippen LogP contribution in [-0.4, -0.2) is 17.5 Å². The summed E-state index contributed by atoms with van der Waals surface area (Å²) in [6.45, 7) is 0. The third-order valence-corrected chi connectivity index (χ3v) is 5.16. The minimum Gasteiger partial charge on any atom is -0.327 e. The van der Waals surface area contributed by atoms with Crippen molar-refractivity contribution in [2.45, 2.75) is 31.7 Å². The van der Waals surface area contributed by atoms with Gasteiger partial charge in [-0.05, 0) is 83.4 Å². The maximum atomic E-state index is 6.27. The van der Waals surface area contributed by atoms with Crippen molar-refractivity contribution in [1.29, 1.82) is 0 Å². The molecule has 1 nitrogen and oxygen atoms in total. The van der Waals surface area contributed by atoms with E-state index in [1.165, 1.54) is 39.9 Å². The fraction of sp³-hybridized carbons (Fsp3) is 0.571. The lowest BCUT2D eigenvalue weighted by molar-refractivity contribution is 0.406. The van der Waals surface area contributed by atoms with Crippen LogP contribution < -0.4 is 5.73 Å². The fourth-order valence-corrected chi connectivity index (χ4v) is 3.98. The van der Waals surface area contributed by atoms with Gasteiger partial charge in [-0.1, -0.05) is 12.1 Å². The zero-order chi connectivity index (χ0) is 12.1. The van der Waals surface area contributed by atoms with E-state index in [-0.39, 0.29) is 0 Å². The van der Waals surface area contributed by atoms with Crippen LogP contribution in [0.5, 0.6) is 0 Å². The molecule has 0 spiro atoms. The van der Waals surface area contributed by atoms with E-state index in [4.69, 9.17) is 5.73 Å². The van der Waals surface area contributed by atoms with Crippen molar-refractivity contribution in [2.24, 2.45) is 11.7 Å². The van der Waals surface area contributed by atoms with Gasteiger partial charge in [0.15, 0.2) is 0 Å². The molecule has 3 heteroatoms. The molecular weight excluding hydrogens is 341 g/mol. The Morgan fingerprint density at radius 2 is 1.88 bits per heavy atom. The highest BCUT2D eigenvalue weighted by Crippen LogP contribution is 2.26. The molecular formula is C14H20INS. The van der Waals surface area contributed by atoms with E-state index in [2.05, 4.69) is 58.6 Å². The third-order valence-electron chi connectivity index (χ3n) is 3.39. The van der Waals surface area contributed by atoms with Crippen LogP contribution >= 0.6 is 34.4 Å². The molecule has 2 N–H and O–H groups in total. The van der Waals surface area contributed by atoms with Gasteiger partial charge in [0.05, 0.1) is 0 Å². The van der Waals surface area contributed by atoms with E-state index in [0.29, 0.717) is 6.04 Å². The number of hydrogen-bond acceptors (Lipinski definition) is 2. The molecule has 1 aromatic carbocycles. The summed E-state index contributed by atoms with van der Waals surface area (Å²) in [5.74, 6) is 3.54. The summed E-state index contributed by atoms with van der Waals surface area (Å²) < 4.78 is 1.30. The maximum Gasteiger partial charge on any atom is 0.0130 e. The second-order valence-electron chi connectivity index (χ2n) is 4.88. The molecule has 1 fully saturated rings. The van der Waals surface area contributed by atoms with Crippen molar-refractivity contribution >= 4 is 34.4 Å². The predicted octanol–water partition coefficient (Wildman–Crippen LogP) is 3.69. The average Bonchev–Trinajstić information content (AvgIpc) is 2.33. The van der Waals surface area contributed by atoms with Crippen molar-refractivity contribution in [2.75, 3.05) is 11.5 Å². The molecule has 1 unspecified atom stereocenters. The van der Waals surface area contributed by atoms with Gasteiger partial charge in [0.2, 0.25) is 0 Å². The van der Waals surface area contributed by atoms with Crippen LogP contribution in [0.4, 0.5) is 0 Å². The summed E-state index contributed by atoms with van der Waals surface area (Å²) in [6, 6.07) is 9.08. The van der Waals surface area contributed by atoms with Crippen LogP contribution in [0.1, 0.15) is 24.8 Å². The molecule has 1 saturated heterocycles. The van der Waals surface area contributed by atoms with Gasteiger partial charge in [-0.25, -0.2) is 0 Å². The zero-order valence-corrected chi connectivity index (χ0v) is 13.0. The van der Waals surface area contributed by atoms with Crippen molar-refractivity contribution in [3.05, 3.63) is 33.4 Å². The van der Waals surface area contributed by atoms with E-state index in [9.17, 15) is 0 Å². The van der Waals surface area contributed by atoms with E-state index < -0.39 is 0 Å². The SMILES string of the molecule is NC(Cc1ccc(I)cc1)CC1CCSCC1. The highest BCUT2D eigenvalue weighted by atomic mass is 127. The molecule has 17 heavy (non-hydrogen) atoms. The average molecular weight is 361 g/mol. The summed E-state index contributed by atoms with van der Waals surface area (Å²) in [5, 5.41) is 0. The number of nitrogens with two attached hydrogens (primary N) is 1. The number of rotatable bonds is 4. The van der Waals surface area contributed by atoms with Gasteiger partial charge in [0.1, 0.15) is 0 Å². The molecule has 94 valence electrons. The van der Waals surface area contributed by atoms with Crippen molar-refractivity contribution in [3.8, 4) is 0 Å². The molecule has 1 atom stereocenters. The van der Waals surface area contributed by atoms with Crippen LogP contribution in [0, 0.1) is 9.49 Å². The second-order valence-corrected chi connectivity index (χ2v) is 7.35. The Morgan fingerprint density at radius 1 is 1.24 bits per heavy atom. The van der Waals surface area contributed by atoms with Crippen LogP contribution in [-0.2, 0) is 6.42 Å². The number of hydrogen-bond donors (Lipinski definition) is 1. The van der Waals surface area contributed by atoms with Gasteiger partial charge >= 0.3 is 0 Å². The smallest absolute Gasteiger partial charge is 0.0130 e. The molecule has 2 rings (SSSR count). The van der Waals surface area contributed by atoms with Gasteiger partial charge in [0, 0.05) is 9.61 Å². The topological polar surface area (TPSA) is 26.0 Å². The summed E-state index contributed by atoms with van der Waals surface area (Å²) in [4.78, 5) is 0. The highest BCUT2D eigenvalue weighted by molar-refractivity contribution is 14.1. The number of halogens is 1. The van der Waals surface area contributed by atoms with Gasteiger partial charge in [-0.2, -0.15) is 11.8 Å². The lowest BCUT2D eigenvalue weighted by atomic mass is 9.92.